The maximum atomic E-state index is 10.4. The minimum Gasteiger partial charge on any atom is -0.340 e. The molecule has 0 saturated carbocycles. The molecule has 0 aliphatic rings. The summed E-state index contributed by atoms with van der Waals surface area (Å²) in [6.45, 7) is -0.672. The number of nitro groups is 3. The fourth-order valence-corrected chi connectivity index (χ4v) is 0.590. The number of hydrogen-bond acceptors (Lipinski definition) is 7. The van der Waals surface area contributed by atoms with Crippen molar-refractivity contribution in [1.82, 2.24) is 5.01 Å². The lowest BCUT2D eigenvalue weighted by atomic mass is 10.2. The highest BCUT2D eigenvalue weighted by atomic mass is 16.7. The first-order valence-corrected chi connectivity index (χ1v) is 3.94. The Morgan fingerprint density at radius 1 is 1.19 bits per heavy atom. The van der Waals surface area contributed by atoms with Crippen LogP contribution in [0, 0.1) is 30.3 Å². The highest BCUT2D eigenvalue weighted by molar-refractivity contribution is 4.57. The SMILES string of the molecule is CN(COCC(C)([N+](=O)[O-])[N+](=O)[O-])[N+](=O)[O-]. The molecule has 0 N–H and O–H groups in total. The van der Waals surface area contributed by atoms with Crippen LogP contribution in [0.25, 0.3) is 0 Å². The second-order valence-electron chi connectivity index (χ2n) is 3.10. The van der Waals surface area contributed by atoms with Gasteiger partial charge in [-0.3, -0.25) is 20.2 Å². The van der Waals surface area contributed by atoms with Crippen molar-refractivity contribution < 1.29 is 19.6 Å². The van der Waals surface area contributed by atoms with E-state index in [0.717, 1.165) is 14.0 Å². The number of rotatable bonds is 7. The van der Waals surface area contributed by atoms with Gasteiger partial charge in [0.2, 0.25) is 0 Å². The van der Waals surface area contributed by atoms with Gasteiger partial charge in [0, 0.05) is 0 Å². The van der Waals surface area contributed by atoms with E-state index in [4.69, 9.17) is 0 Å². The zero-order valence-corrected chi connectivity index (χ0v) is 8.56. The molecule has 0 aromatic rings. The summed E-state index contributed by atoms with van der Waals surface area (Å²) in [4.78, 5) is 28.7. The van der Waals surface area contributed by atoms with Crippen LogP contribution in [0.1, 0.15) is 6.92 Å². The van der Waals surface area contributed by atoms with E-state index < -0.39 is 33.9 Å². The van der Waals surface area contributed by atoms with Gasteiger partial charge in [-0.05, 0) is 0 Å². The highest BCUT2D eigenvalue weighted by Gasteiger charge is 2.51. The largest absolute Gasteiger partial charge is 0.478 e. The maximum absolute atomic E-state index is 10.4. The van der Waals surface area contributed by atoms with Crippen molar-refractivity contribution >= 4 is 0 Å². The van der Waals surface area contributed by atoms with E-state index in [9.17, 15) is 30.3 Å². The van der Waals surface area contributed by atoms with Crippen LogP contribution in [0.15, 0.2) is 0 Å². The Balaban J connectivity index is 4.31. The normalized spacial score (nSPS) is 10.9. The quantitative estimate of drug-likeness (QED) is 0.323. The van der Waals surface area contributed by atoms with Crippen molar-refractivity contribution in [2.45, 2.75) is 12.6 Å². The molecule has 0 heterocycles. The van der Waals surface area contributed by atoms with Gasteiger partial charge in [-0.15, -0.1) is 5.01 Å². The third kappa shape index (κ3) is 3.27. The summed E-state index contributed by atoms with van der Waals surface area (Å²) in [5.41, 5.74) is -2.50. The molecule has 92 valence electrons. The third-order valence-corrected chi connectivity index (χ3v) is 1.72. The lowest BCUT2D eigenvalue weighted by molar-refractivity contribution is -0.794. The molecule has 0 amide bonds. The number of ether oxygens (including phenoxy) is 1. The second kappa shape index (κ2) is 5.16. The van der Waals surface area contributed by atoms with Crippen LogP contribution in [0.3, 0.4) is 0 Å². The lowest BCUT2D eigenvalue weighted by Crippen LogP contribution is -2.48. The predicted octanol–water partition coefficient (Wildman–Crippen LogP) is -0.646. The van der Waals surface area contributed by atoms with Gasteiger partial charge in [-0.2, -0.15) is 0 Å². The summed E-state index contributed by atoms with van der Waals surface area (Å²) in [7, 11) is 1.07. The van der Waals surface area contributed by atoms with Gasteiger partial charge in [0.25, 0.3) is 0 Å². The first-order chi connectivity index (χ1) is 7.21. The van der Waals surface area contributed by atoms with Crippen LogP contribution in [0.5, 0.6) is 0 Å². The molecule has 0 unspecified atom stereocenters. The van der Waals surface area contributed by atoms with E-state index in [1.165, 1.54) is 0 Å². The third-order valence-electron chi connectivity index (χ3n) is 1.72. The van der Waals surface area contributed by atoms with Gasteiger partial charge in [-0.25, -0.2) is 10.1 Å². The molecule has 0 atom stereocenters. The van der Waals surface area contributed by atoms with Crippen molar-refractivity contribution in [2.24, 2.45) is 0 Å². The summed E-state index contributed by atoms with van der Waals surface area (Å²) in [5, 5.41) is 30.6. The Morgan fingerprint density at radius 2 is 1.62 bits per heavy atom. The minimum absolute atomic E-state index is 0.500. The second-order valence-corrected chi connectivity index (χ2v) is 3.10. The minimum atomic E-state index is -2.50. The Morgan fingerprint density at radius 3 is 1.94 bits per heavy atom. The number of nitrogens with zero attached hydrogens (tertiary/aromatic N) is 4. The molecule has 11 nitrogen and oxygen atoms in total. The summed E-state index contributed by atoms with van der Waals surface area (Å²) in [6.07, 6.45) is 0. The molecule has 0 radical (unpaired) electrons. The van der Waals surface area contributed by atoms with Crippen molar-refractivity contribution in [3.8, 4) is 0 Å². The molecule has 0 saturated heterocycles. The molecule has 0 bridgehead atoms. The van der Waals surface area contributed by atoms with Crippen LogP contribution < -0.4 is 0 Å². The maximum Gasteiger partial charge on any atom is 0.478 e. The Hall–Kier alpha value is -2.04. The van der Waals surface area contributed by atoms with E-state index in [0.29, 0.717) is 5.01 Å². The van der Waals surface area contributed by atoms with Gasteiger partial charge < -0.3 is 4.74 Å². The van der Waals surface area contributed by atoms with E-state index in [1.54, 1.807) is 0 Å². The molecule has 0 rings (SSSR count). The van der Waals surface area contributed by atoms with Crippen LogP contribution in [-0.2, 0) is 4.74 Å². The smallest absolute Gasteiger partial charge is 0.340 e. The fourth-order valence-electron chi connectivity index (χ4n) is 0.590. The van der Waals surface area contributed by atoms with Crippen LogP contribution >= 0.6 is 0 Å². The van der Waals surface area contributed by atoms with Gasteiger partial charge in [0.05, 0.1) is 14.0 Å². The van der Waals surface area contributed by atoms with Crippen molar-refractivity contribution in [3.63, 3.8) is 0 Å². The molecular weight excluding hydrogens is 228 g/mol. The molecule has 0 aliphatic heterocycles. The molecule has 0 aromatic carbocycles. The Kier molecular flexibility index (Phi) is 4.50. The zero-order valence-electron chi connectivity index (χ0n) is 8.56. The van der Waals surface area contributed by atoms with Gasteiger partial charge in [0.1, 0.15) is 9.85 Å². The molecule has 0 aliphatic carbocycles. The van der Waals surface area contributed by atoms with Gasteiger partial charge >= 0.3 is 5.66 Å². The van der Waals surface area contributed by atoms with Crippen LogP contribution in [-0.4, -0.2) is 45.9 Å². The van der Waals surface area contributed by atoms with Gasteiger partial charge in [0.15, 0.2) is 18.4 Å². The number of hydrazine groups is 1. The average Bonchev–Trinajstić information content (AvgIpc) is 2.16. The summed E-state index contributed by atoms with van der Waals surface area (Å²) >= 11 is 0. The highest BCUT2D eigenvalue weighted by Crippen LogP contribution is 2.10. The standard InChI is InChI=1S/C5H10N4O7/c1-5(7(10)11,8(12)13)3-16-4-6(2)9(14)15/h3-4H2,1-2H3. The van der Waals surface area contributed by atoms with E-state index in [-0.39, 0.29) is 0 Å². The Labute approximate surface area is 89.0 Å². The molecule has 11 heteroatoms. The van der Waals surface area contributed by atoms with Crippen molar-refractivity contribution in [2.75, 3.05) is 20.4 Å². The summed E-state index contributed by atoms with van der Waals surface area (Å²) in [5.74, 6) is 0. The zero-order chi connectivity index (χ0) is 12.9. The van der Waals surface area contributed by atoms with Crippen molar-refractivity contribution in [3.05, 3.63) is 30.3 Å². The van der Waals surface area contributed by atoms with Crippen LogP contribution in [0.2, 0.25) is 0 Å². The van der Waals surface area contributed by atoms with E-state index in [1.807, 2.05) is 0 Å². The number of hydrogen-bond donors (Lipinski definition) is 0. The van der Waals surface area contributed by atoms with Gasteiger partial charge in [-0.1, -0.05) is 0 Å². The Bertz CT molecular complexity index is 291. The van der Waals surface area contributed by atoms with E-state index in [2.05, 4.69) is 4.74 Å². The predicted molar refractivity (Wildman–Crippen MR) is 48.0 cm³/mol. The molecule has 16 heavy (non-hydrogen) atoms. The first-order valence-electron chi connectivity index (χ1n) is 3.94. The molecular formula is C5H10N4O7. The molecule has 0 aromatic heterocycles. The van der Waals surface area contributed by atoms with Crippen molar-refractivity contribution in [1.29, 1.82) is 0 Å². The monoisotopic (exact) mass is 238 g/mol. The fraction of sp³-hybridized carbons (Fsp3) is 1.00. The summed E-state index contributed by atoms with van der Waals surface area (Å²) < 4.78 is 4.55. The first kappa shape index (κ1) is 14.0. The topological polar surface area (TPSA) is 142 Å². The molecule has 0 spiro atoms. The molecule has 0 fully saturated rings. The summed E-state index contributed by atoms with van der Waals surface area (Å²) in [6, 6.07) is 0. The lowest BCUT2D eigenvalue weighted by Gasteiger charge is -2.13. The van der Waals surface area contributed by atoms with Crippen LogP contribution in [0.4, 0.5) is 0 Å². The average molecular weight is 238 g/mol. The van der Waals surface area contributed by atoms with E-state index >= 15 is 0 Å².